The predicted octanol–water partition coefficient (Wildman–Crippen LogP) is 1.29. The minimum Gasteiger partial charge on any atom is -0.463 e. The summed E-state index contributed by atoms with van der Waals surface area (Å²) < 4.78 is 35.6. The van der Waals surface area contributed by atoms with Crippen LogP contribution in [0, 0.1) is 5.92 Å². The second kappa shape index (κ2) is 7.15. The summed E-state index contributed by atoms with van der Waals surface area (Å²) in [4.78, 5) is 14.5. The van der Waals surface area contributed by atoms with Gasteiger partial charge in [-0.1, -0.05) is 12.1 Å². The Balaban J connectivity index is 1.42. The number of hydrogen-bond acceptors (Lipinski definition) is 6. The second-order valence-electron chi connectivity index (χ2n) is 6.61. The molecule has 0 radical (unpaired) electrons. The molecule has 0 N–H and O–H groups in total. The molecule has 9 heteroatoms. The van der Waals surface area contributed by atoms with E-state index in [1.807, 2.05) is 17.2 Å². The first-order valence-corrected chi connectivity index (χ1v) is 10.3. The van der Waals surface area contributed by atoms with Crippen molar-refractivity contribution in [2.45, 2.75) is 24.3 Å². The first-order valence-electron chi connectivity index (χ1n) is 8.88. The highest BCUT2D eigenvalue weighted by Crippen LogP contribution is 2.29. The van der Waals surface area contributed by atoms with Crippen LogP contribution in [-0.4, -0.2) is 54.6 Å². The molecule has 2 aliphatic heterocycles. The van der Waals surface area contributed by atoms with Gasteiger partial charge in [-0.05, 0) is 31.0 Å². The Bertz CT molecular complexity index is 969. The quantitative estimate of drug-likeness (QED) is 0.733. The smallest absolute Gasteiger partial charge is 0.310 e. The molecule has 1 unspecified atom stereocenters. The number of rotatable bonds is 4. The molecular formula is C18H20N4O4S. The normalized spacial score (nSPS) is 20.8. The molecule has 142 valence electrons. The molecule has 0 spiro atoms. The van der Waals surface area contributed by atoms with Crippen molar-refractivity contribution < 1.29 is 17.9 Å². The number of nitrogens with zero attached hydrogens (tertiary/aromatic N) is 4. The lowest BCUT2D eigenvalue weighted by molar-refractivity contribution is -0.150. The molecule has 8 nitrogen and oxygen atoms in total. The SMILES string of the molecule is O=C(OCCn1cccn1)C1CCCN(C2=NS(=O)(=O)c3ccccc32)C1. The molecule has 4 rings (SSSR count). The summed E-state index contributed by atoms with van der Waals surface area (Å²) in [7, 11) is -3.66. The van der Waals surface area contributed by atoms with Gasteiger partial charge in [0.1, 0.15) is 11.5 Å². The summed E-state index contributed by atoms with van der Waals surface area (Å²) in [5.74, 6) is -0.129. The van der Waals surface area contributed by atoms with Gasteiger partial charge in [-0.25, -0.2) is 0 Å². The van der Waals surface area contributed by atoms with Gasteiger partial charge in [-0.15, -0.1) is 4.40 Å². The van der Waals surface area contributed by atoms with Gasteiger partial charge in [-0.2, -0.15) is 13.5 Å². The maximum atomic E-state index is 12.4. The minimum atomic E-state index is -3.66. The van der Waals surface area contributed by atoms with Crippen molar-refractivity contribution in [3.63, 3.8) is 0 Å². The number of ether oxygens (including phenoxy) is 1. The highest BCUT2D eigenvalue weighted by molar-refractivity contribution is 7.90. The minimum absolute atomic E-state index is 0.226. The monoisotopic (exact) mass is 388 g/mol. The largest absolute Gasteiger partial charge is 0.463 e. The van der Waals surface area contributed by atoms with Crippen molar-refractivity contribution in [2.24, 2.45) is 10.3 Å². The molecular weight excluding hydrogens is 368 g/mol. The number of aromatic nitrogens is 2. The van der Waals surface area contributed by atoms with E-state index >= 15 is 0 Å². The summed E-state index contributed by atoms with van der Waals surface area (Å²) in [6.07, 6.45) is 4.99. The number of fused-ring (bicyclic) bond motifs is 1. The fourth-order valence-electron chi connectivity index (χ4n) is 3.47. The molecule has 0 saturated carbocycles. The van der Waals surface area contributed by atoms with Crippen LogP contribution in [0.25, 0.3) is 0 Å². The van der Waals surface area contributed by atoms with Gasteiger partial charge in [0.2, 0.25) is 0 Å². The molecule has 0 aliphatic carbocycles. The number of hydrogen-bond donors (Lipinski definition) is 0. The number of sulfonamides is 1. The topological polar surface area (TPSA) is 93.9 Å². The predicted molar refractivity (Wildman–Crippen MR) is 97.6 cm³/mol. The van der Waals surface area contributed by atoms with Crippen LogP contribution in [0.5, 0.6) is 0 Å². The Hall–Kier alpha value is -2.68. The van der Waals surface area contributed by atoms with Crippen molar-refractivity contribution in [1.82, 2.24) is 14.7 Å². The highest BCUT2D eigenvalue weighted by atomic mass is 32.2. The van der Waals surface area contributed by atoms with E-state index in [0.29, 0.717) is 31.0 Å². The molecule has 1 atom stereocenters. The lowest BCUT2D eigenvalue weighted by atomic mass is 9.97. The molecule has 2 aromatic rings. The van der Waals surface area contributed by atoms with Gasteiger partial charge in [0.05, 0.1) is 12.5 Å². The first-order chi connectivity index (χ1) is 13.0. The molecule has 1 aromatic carbocycles. The summed E-state index contributed by atoms with van der Waals surface area (Å²) in [6, 6.07) is 8.61. The van der Waals surface area contributed by atoms with E-state index in [-0.39, 0.29) is 23.4 Å². The van der Waals surface area contributed by atoms with Crippen LogP contribution in [0.1, 0.15) is 18.4 Å². The van der Waals surface area contributed by atoms with E-state index in [2.05, 4.69) is 9.50 Å². The zero-order valence-corrected chi connectivity index (χ0v) is 15.5. The van der Waals surface area contributed by atoms with Crippen LogP contribution < -0.4 is 0 Å². The second-order valence-corrected chi connectivity index (χ2v) is 8.18. The first kappa shape index (κ1) is 17.7. The summed E-state index contributed by atoms with van der Waals surface area (Å²) >= 11 is 0. The molecule has 1 saturated heterocycles. The lowest BCUT2D eigenvalue weighted by Gasteiger charge is -2.32. The van der Waals surface area contributed by atoms with E-state index in [1.165, 1.54) is 0 Å². The summed E-state index contributed by atoms with van der Waals surface area (Å²) in [6.45, 7) is 1.84. The standard InChI is InChI=1S/C18H20N4O4S/c23-18(26-12-11-22-10-4-8-19-22)14-5-3-9-21(13-14)17-15-6-1-2-7-16(15)27(24,25)20-17/h1-2,4,6-8,10,14H,3,5,9,11-13H2. The zero-order valence-electron chi connectivity index (χ0n) is 14.7. The van der Waals surface area contributed by atoms with Gasteiger partial charge < -0.3 is 9.64 Å². The van der Waals surface area contributed by atoms with Gasteiger partial charge >= 0.3 is 5.97 Å². The third-order valence-corrected chi connectivity index (χ3v) is 6.12. The van der Waals surface area contributed by atoms with Crippen molar-refractivity contribution in [1.29, 1.82) is 0 Å². The van der Waals surface area contributed by atoms with E-state index < -0.39 is 10.0 Å². The number of piperidine rings is 1. The van der Waals surface area contributed by atoms with E-state index in [0.717, 1.165) is 12.8 Å². The van der Waals surface area contributed by atoms with Crippen molar-refractivity contribution >= 4 is 21.8 Å². The number of esters is 1. The van der Waals surface area contributed by atoms with Crippen LogP contribution in [0.2, 0.25) is 0 Å². The average molecular weight is 388 g/mol. The Morgan fingerprint density at radius 2 is 2.11 bits per heavy atom. The zero-order chi connectivity index (χ0) is 18.9. The number of carbonyl (C=O) groups is 1. The van der Waals surface area contributed by atoms with Crippen LogP contribution in [0.3, 0.4) is 0 Å². The van der Waals surface area contributed by atoms with Gasteiger partial charge in [-0.3, -0.25) is 9.48 Å². The molecule has 3 heterocycles. The van der Waals surface area contributed by atoms with Crippen LogP contribution in [0.15, 0.2) is 52.0 Å². The average Bonchev–Trinajstić information content (AvgIpc) is 3.28. The third-order valence-electron chi connectivity index (χ3n) is 4.79. The molecule has 2 aliphatic rings. The van der Waals surface area contributed by atoms with E-state index in [1.54, 1.807) is 35.1 Å². The summed E-state index contributed by atoms with van der Waals surface area (Å²) in [5, 5.41) is 4.07. The van der Waals surface area contributed by atoms with Gasteiger partial charge in [0.15, 0.2) is 5.84 Å². The Morgan fingerprint density at radius 1 is 1.26 bits per heavy atom. The summed E-state index contributed by atoms with van der Waals surface area (Å²) in [5.41, 5.74) is 0.602. The Labute approximate surface area is 157 Å². The fraction of sp³-hybridized carbons (Fsp3) is 0.389. The third kappa shape index (κ3) is 3.59. The number of amidine groups is 1. The fourth-order valence-corrected chi connectivity index (χ4v) is 4.70. The van der Waals surface area contributed by atoms with Gasteiger partial charge in [0.25, 0.3) is 10.0 Å². The van der Waals surface area contributed by atoms with Gasteiger partial charge in [0, 0.05) is 31.0 Å². The number of carbonyl (C=O) groups excluding carboxylic acids is 1. The van der Waals surface area contributed by atoms with E-state index in [4.69, 9.17) is 4.74 Å². The molecule has 27 heavy (non-hydrogen) atoms. The molecule has 1 aromatic heterocycles. The van der Waals surface area contributed by atoms with Crippen LogP contribution in [-0.2, 0) is 26.1 Å². The van der Waals surface area contributed by atoms with E-state index in [9.17, 15) is 13.2 Å². The number of likely N-dealkylation sites (tertiary alicyclic amines) is 1. The van der Waals surface area contributed by atoms with Crippen molar-refractivity contribution in [2.75, 3.05) is 19.7 Å². The van der Waals surface area contributed by atoms with Crippen molar-refractivity contribution in [3.8, 4) is 0 Å². The maximum absolute atomic E-state index is 12.4. The number of benzene rings is 1. The molecule has 0 bridgehead atoms. The van der Waals surface area contributed by atoms with Crippen LogP contribution >= 0.6 is 0 Å². The van der Waals surface area contributed by atoms with Crippen molar-refractivity contribution in [3.05, 3.63) is 48.3 Å². The Morgan fingerprint density at radius 3 is 2.93 bits per heavy atom. The molecule has 0 amide bonds. The highest BCUT2D eigenvalue weighted by Gasteiger charge is 2.35. The van der Waals surface area contributed by atoms with Crippen LogP contribution in [0.4, 0.5) is 0 Å². The lowest BCUT2D eigenvalue weighted by Crippen LogP contribution is -2.43. The Kier molecular flexibility index (Phi) is 4.69. The molecule has 1 fully saturated rings. The maximum Gasteiger partial charge on any atom is 0.310 e.